The average molecular weight is 285 g/mol. The summed E-state index contributed by atoms with van der Waals surface area (Å²) in [4.78, 5) is 17.1. The van der Waals surface area contributed by atoms with Crippen LogP contribution in [-0.4, -0.2) is 42.4 Å². The SMILES string of the molecule is CN(CC1CCCCO1)c1cc(C(=O)O)c(Cl)cn1. The van der Waals surface area contributed by atoms with Crippen molar-refractivity contribution in [3.05, 3.63) is 22.8 Å². The molecule has 2 heterocycles. The average Bonchev–Trinajstić information content (AvgIpc) is 2.40. The van der Waals surface area contributed by atoms with E-state index in [1.54, 1.807) is 0 Å². The standard InChI is InChI=1S/C13H17ClN2O3/c1-16(8-9-4-2-3-5-19-9)12-6-10(13(17)18)11(14)7-15-12/h6-7,9H,2-5,8H2,1H3,(H,17,18). The zero-order chi connectivity index (χ0) is 13.8. The van der Waals surface area contributed by atoms with Crippen LogP contribution >= 0.6 is 11.6 Å². The topological polar surface area (TPSA) is 62.7 Å². The largest absolute Gasteiger partial charge is 0.478 e. The summed E-state index contributed by atoms with van der Waals surface area (Å²) in [7, 11) is 1.87. The second kappa shape index (κ2) is 6.21. The Balaban J connectivity index is 2.07. The number of aromatic nitrogens is 1. The van der Waals surface area contributed by atoms with Crippen LogP contribution in [0.5, 0.6) is 0 Å². The molecule has 0 bridgehead atoms. The Morgan fingerprint density at radius 3 is 3.05 bits per heavy atom. The third kappa shape index (κ3) is 3.58. The predicted molar refractivity (Wildman–Crippen MR) is 73.1 cm³/mol. The number of carbonyl (C=O) groups is 1. The Labute approximate surface area is 117 Å². The summed E-state index contributed by atoms with van der Waals surface area (Å²) in [6, 6.07) is 1.49. The minimum Gasteiger partial charge on any atom is -0.478 e. The maximum atomic E-state index is 11.0. The van der Waals surface area contributed by atoms with Gasteiger partial charge in [-0.25, -0.2) is 9.78 Å². The lowest BCUT2D eigenvalue weighted by molar-refractivity contribution is 0.0215. The molecule has 6 heteroatoms. The van der Waals surface area contributed by atoms with Crippen molar-refractivity contribution in [2.24, 2.45) is 0 Å². The van der Waals surface area contributed by atoms with Gasteiger partial charge in [-0.05, 0) is 25.3 Å². The molecule has 0 saturated carbocycles. The van der Waals surface area contributed by atoms with E-state index in [0.29, 0.717) is 12.4 Å². The van der Waals surface area contributed by atoms with Gasteiger partial charge in [-0.15, -0.1) is 0 Å². The molecule has 1 N–H and O–H groups in total. The molecular weight excluding hydrogens is 268 g/mol. The zero-order valence-electron chi connectivity index (χ0n) is 10.8. The van der Waals surface area contributed by atoms with Gasteiger partial charge in [0.05, 0.1) is 16.7 Å². The molecule has 1 unspecified atom stereocenters. The maximum Gasteiger partial charge on any atom is 0.337 e. The van der Waals surface area contributed by atoms with Gasteiger partial charge in [0.2, 0.25) is 0 Å². The molecule has 1 aromatic rings. The number of ether oxygens (including phenoxy) is 1. The maximum absolute atomic E-state index is 11.0. The first-order valence-corrected chi connectivity index (χ1v) is 6.67. The van der Waals surface area contributed by atoms with Gasteiger partial charge in [0.15, 0.2) is 0 Å². The number of halogens is 1. The van der Waals surface area contributed by atoms with E-state index in [-0.39, 0.29) is 16.7 Å². The Morgan fingerprint density at radius 1 is 1.63 bits per heavy atom. The molecule has 1 aliphatic heterocycles. The minimum atomic E-state index is -1.05. The van der Waals surface area contributed by atoms with E-state index in [4.69, 9.17) is 21.4 Å². The first-order chi connectivity index (χ1) is 9.08. The lowest BCUT2D eigenvalue weighted by atomic mass is 10.1. The van der Waals surface area contributed by atoms with Crippen molar-refractivity contribution in [3.8, 4) is 0 Å². The van der Waals surface area contributed by atoms with Gasteiger partial charge < -0.3 is 14.7 Å². The number of nitrogens with zero attached hydrogens (tertiary/aromatic N) is 2. The summed E-state index contributed by atoms with van der Waals surface area (Å²) in [6.07, 6.45) is 4.88. The van der Waals surface area contributed by atoms with Crippen molar-refractivity contribution in [2.75, 3.05) is 25.1 Å². The fourth-order valence-electron chi connectivity index (χ4n) is 2.15. The monoisotopic (exact) mass is 284 g/mol. The number of aromatic carboxylic acids is 1. The van der Waals surface area contributed by atoms with Crippen LogP contribution in [0.2, 0.25) is 5.02 Å². The summed E-state index contributed by atoms with van der Waals surface area (Å²) in [5, 5.41) is 9.19. The predicted octanol–water partition coefficient (Wildman–Crippen LogP) is 2.44. The molecular formula is C13H17ClN2O3. The molecule has 0 spiro atoms. The second-order valence-electron chi connectivity index (χ2n) is 4.70. The van der Waals surface area contributed by atoms with Gasteiger partial charge in [0, 0.05) is 26.4 Å². The van der Waals surface area contributed by atoms with Crippen molar-refractivity contribution in [1.82, 2.24) is 4.98 Å². The number of rotatable bonds is 4. The highest BCUT2D eigenvalue weighted by molar-refractivity contribution is 6.33. The van der Waals surface area contributed by atoms with E-state index in [1.165, 1.54) is 18.7 Å². The first-order valence-electron chi connectivity index (χ1n) is 6.29. The molecule has 1 atom stereocenters. The summed E-state index contributed by atoms with van der Waals surface area (Å²) < 4.78 is 5.66. The molecule has 19 heavy (non-hydrogen) atoms. The highest BCUT2D eigenvalue weighted by atomic mass is 35.5. The number of anilines is 1. The Bertz CT molecular complexity index is 461. The fraction of sp³-hybridized carbons (Fsp3) is 0.538. The van der Waals surface area contributed by atoms with Crippen LogP contribution in [0.3, 0.4) is 0 Å². The van der Waals surface area contributed by atoms with E-state index in [2.05, 4.69) is 4.98 Å². The lowest BCUT2D eigenvalue weighted by Crippen LogP contribution is -2.33. The van der Waals surface area contributed by atoms with Gasteiger partial charge >= 0.3 is 5.97 Å². The fourth-order valence-corrected chi connectivity index (χ4v) is 2.33. The highest BCUT2D eigenvalue weighted by Gasteiger charge is 2.18. The smallest absolute Gasteiger partial charge is 0.337 e. The third-order valence-corrected chi connectivity index (χ3v) is 3.52. The molecule has 0 amide bonds. The number of carboxylic acid groups (broad SMARTS) is 1. The van der Waals surface area contributed by atoms with Gasteiger partial charge in [-0.2, -0.15) is 0 Å². The molecule has 1 fully saturated rings. The number of carboxylic acids is 1. The lowest BCUT2D eigenvalue weighted by Gasteiger charge is -2.28. The minimum absolute atomic E-state index is 0.0723. The van der Waals surface area contributed by atoms with E-state index >= 15 is 0 Å². The van der Waals surface area contributed by atoms with Crippen molar-refractivity contribution in [3.63, 3.8) is 0 Å². The summed E-state index contributed by atoms with van der Waals surface area (Å²) in [5.41, 5.74) is 0.0723. The summed E-state index contributed by atoms with van der Waals surface area (Å²) in [6.45, 7) is 1.50. The van der Waals surface area contributed by atoms with Crippen molar-refractivity contribution in [2.45, 2.75) is 25.4 Å². The van der Waals surface area contributed by atoms with Crippen LogP contribution in [-0.2, 0) is 4.74 Å². The van der Waals surface area contributed by atoms with Crippen LogP contribution in [0.25, 0.3) is 0 Å². The van der Waals surface area contributed by atoms with Crippen molar-refractivity contribution >= 4 is 23.4 Å². The zero-order valence-corrected chi connectivity index (χ0v) is 11.6. The molecule has 0 aliphatic carbocycles. The Hall–Kier alpha value is -1.33. The highest BCUT2D eigenvalue weighted by Crippen LogP contribution is 2.21. The molecule has 0 radical (unpaired) electrons. The van der Waals surface area contributed by atoms with Crippen LogP contribution in [0.1, 0.15) is 29.6 Å². The van der Waals surface area contributed by atoms with E-state index in [1.807, 2.05) is 11.9 Å². The second-order valence-corrected chi connectivity index (χ2v) is 5.10. The van der Waals surface area contributed by atoms with E-state index < -0.39 is 5.97 Å². The number of hydrogen-bond donors (Lipinski definition) is 1. The Morgan fingerprint density at radius 2 is 2.42 bits per heavy atom. The van der Waals surface area contributed by atoms with Crippen LogP contribution in [0.15, 0.2) is 12.3 Å². The van der Waals surface area contributed by atoms with E-state index in [9.17, 15) is 4.79 Å². The Kier molecular flexibility index (Phi) is 4.61. The molecule has 1 aliphatic rings. The molecule has 2 rings (SSSR count). The molecule has 1 saturated heterocycles. The molecule has 104 valence electrons. The number of likely N-dealkylation sites (N-methyl/N-ethyl adjacent to an activating group) is 1. The molecule has 5 nitrogen and oxygen atoms in total. The van der Waals surface area contributed by atoms with Gasteiger partial charge in [-0.1, -0.05) is 11.6 Å². The van der Waals surface area contributed by atoms with Crippen LogP contribution in [0.4, 0.5) is 5.82 Å². The summed E-state index contributed by atoms with van der Waals surface area (Å²) in [5.74, 6) is -0.452. The van der Waals surface area contributed by atoms with Gasteiger partial charge in [0.1, 0.15) is 5.82 Å². The molecule has 0 aromatic carbocycles. The van der Waals surface area contributed by atoms with Crippen LogP contribution in [0, 0.1) is 0 Å². The quantitative estimate of drug-likeness (QED) is 0.920. The van der Waals surface area contributed by atoms with Crippen molar-refractivity contribution in [1.29, 1.82) is 0 Å². The number of pyridine rings is 1. The van der Waals surface area contributed by atoms with Gasteiger partial charge in [-0.3, -0.25) is 0 Å². The third-order valence-electron chi connectivity index (χ3n) is 3.21. The van der Waals surface area contributed by atoms with E-state index in [0.717, 1.165) is 19.4 Å². The normalized spacial score (nSPS) is 19.2. The van der Waals surface area contributed by atoms with Crippen molar-refractivity contribution < 1.29 is 14.6 Å². The first kappa shape index (κ1) is 14.1. The summed E-state index contributed by atoms with van der Waals surface area (Å²) >= 11 is 5.80. The van der Waals surface area contributed by atoms with Crippen LogP contribution < -0.4 is 4.90 Å². The number of hydrogen-bond acceptors (Lipinski definition) is 4. The molecule has 1 aromatic heterocycles. The van der Waals surface area contributed by atoms with Gasteiger partial charge in [0.25, 0.3) is 0 Å².